The number of hydrogen-bond donors (Lipinski definition) is 2. The molecule has 0 unspecified atom stereocenters. The van der Waals surface area contributed by atoms with Gasteiger partial charge in [0.2, 0.25) is 5.91 Å². The van der Waals surface area contributed by atoms with Gasteiger partial charge in [0.25, 0.3) is 10.0 Å². The van der Waals surface area contributed by atoms with Crippen LogP contribution in [0.15, 0.2) is 58.0 Å². The third kappa shape index (κ3) is 4.88. The molecule has 0 fully saturated rings. The monoisotopic (exact) mass is 464 g/mol. The topological polar surface area (TPSA) is 114 Å². The van der Waals surface area contributed by atoms with Crippen LogP contribution in [-0.2, 0) is 21.2 Å². The number of aryl methyl sites for hydroxylation is 4. The minimum Gasteiger partial charge on any atom is -0.464 e. The van der Waals surface area contributed by atoms with Crippen molar-refractivity contribution in [3.05, 3.63) is 76.9 Å². The van der Waals surface area contributed by atoms with Gasteiger partial charge in [-0.05, 0) is 63.1 Å². The Morgan fingerprint density at radius 3 is 2.42 bits per heavy atom. The van der Waals surface area contributed by atoms with Crippen LogP contribution in [0.5, 0.6) is 0 Å². The van der Waals surface area contributed by atoms with E-state index >= 15 is 0 Å². The highest BCUT2D eigenvalue weighted by Gasteiger charge is 2.17. The fraction of sp³-hybridized carbons (Fsp3) is 0.208. The van der Waals surface area contributed by atoms with Gasteiger partial charge in [0, 0.05) is 28.4 Å². The number of anilines is 2. The summed E-state index contributed by atoms with van der Waals surface area (Å²) in [6, 6.07) is 11.5. The molecule has 0 radical (unpaired) electrons. The van der Waals surface area contributed by atoms with Crippen molar-refractivity contribution in [1.29, 1.82) is 0 Å². The van der Waals surface area contributed by atoms with Gasteiger partial charge in [0.15, 0.2) is 0 Å². The maximum atomic E-state index is 12.7. The second kappa shape index (κ2) is 8.67. The third-order valence-corrected chi connectivity index (χ3v) is 6.72. The average Bonchev–Trinajstić information content (AvgIpc) is 3.13. The summed E-state index contributed by atoms with van der Waals surface area (Å²) in [4.78, 5) is 20.9. The van der Waals surface area contributed by atoms with Crippen molar-refractivity contribution >= 4 is 38.4 Å². The van der Waals surface area contributed by atoms with E-state index in [2.05, 4.69) is 20.0 Å². The van der Waals surface area contributed by atoms with E-state index in [9.17, 15) is 13.2 Å². The first-order chi connectivity index (χ1) is 15.6. The minimum absolute atomic E-state index is 0.0566. The van der Waals surface area contributed by atoms with Gasteiger partial charge >= 0.3 is 0 Å². The molecule has 0 aliphatic rings. The van der Waals surface area contributed by atoms with E-state index in [1.807, 2.05) is 26.0 Å². The van der Waals surface area contributed by atoms with Crippen LogP contribution in [0.25, 0.3) is 11.0 Å². The molecule has 0 bridgehead atoms. The maximum Gasteiger partial charge on any atom is 0.263 e. The highest BCUT2D eigenvalue weighted by molar-refractivity contribution is 7.92. The third-order valence-electron chi connectivity index (χ3n) is 5.35. The number of fused-ring (bicyclic) bond motifs is 1. The van der Waals surface area contributed by atoms with E-state index in [-0.39, 0.29) is 23.0 Å². The van der Waals surface area contributed by atoms with E-state index in [0.717, 1.165) is 27.7 Å². The Morgan fingerprint density at radius 2 is 1.73 bits per heavy atom. The highest BCUT2D eigenvalue weighted by Crippen LogP contribution is 2.27. The van der Waals surface area contributed by atoms with Crippen molar-refractivity contribution in [2.75, 3.05) is 10.0 Å². The molecule has 2 N–H and O–H groups in total. The molecule has 2 aromatic carbocycles. The predicted octanol–water partition coefficient (Wildman–Crippen LogP) is 4.44. The molecule has 4 rings (SSSR count). The SMILES string of the molecule is Cc1cc(NS(=O)(=O)c2ccc(NC(=O)Cc3coc4c(C)c(C)ccc34)cc2)nc(C)n1. The van der Waals surface area contributed by atoms with E-state index in [0.29, 0.717) is 17.2 Å². The summed E-state index contributed by atoms with van der Waals surface area (Å²) in [6.45, 7) is 7.45. The highest BCUT2D eigenvalue weighted by atomic mass is 32.2. The zero-order valence-electron chi connectivity index (χ0n) is 18.8. The Morgan fingerprint density at radius 1 is 1.00 bits per heavy atom. The molecule has 0 aliphatic carbocycles. The van der Waals surface area contributed by atoms with Crippen LogP contribution in [0, 0.1) is 27.7 Å². The van der Waals surface area contributed by atoms with Gasteiger partial charge in [-0.1, -0.05) is 12.1 Å². The summed E-state index contributed by atoms with van der Waals surface area (Å²) in [5.41, 5.74) is 4.92. The van der Waals surface area contributed by atoms with Crippen LogP contribution in [0.2, 0.25) is 0 Å². The molecule has 2 heterocycles. The molecule has 0 saturated carbocycles. The average molecular weight is 465 g/mol. The number of carbonyl (C=O) groups is 1. The second-order valence-electron chi connectivity index (χ2n) is 7.94. The molecule has 0 saturated heterocycles. The summed E-state index contributed by atoms with van der Waals surface area (Å²) >= 11 is 0. The van der Waals surface area contributed by atoms with Gasteiger partial charge in [-0.3, -0.25) is 9.52 Å². The first-order valence-corrected chi connectivity index (χ1v) is 11.8. The lowest BCUT2D eigenvalue weighted by Gasteiger charge is -2.10. The van der Waals surface area contributed by atoms with Crippen molar-refractivity contribution in [2.45, 2.75) is 39.0 Å². The number of aromatic nitrogens is 2. The van der Waals surface area contributed by atoms with E-state index < -0.39 is 10.0 Å². The summed E-state index contributed by atoms with van der Waals surface area (Å²) < 4.78 is 33.5. The Balaban J connectivity index is 1.45. The van der Waals surface area contributed by atoms with Gasteiger partial charge in [-0.15, -0.1) is 0 Å². The normalized spacial score (nSPS) is 11.5. The van der Waals surface area contributed by atoms with Crippen molar-refractivity contribution in [2.24, 2.45) is 0 Å². The lowest BCUT2D eigenvalue weighted by atomic mass is 10.0. The Hall–Kier alpha value is -3.72. The van der Waals surface area contributed by atoms with E-state index in [4.69, 9.17) is 4.42 Å². The quantitative estimate of drug-likeness (QED) is 0.436. The molecular weight excluding hydrogens is 440 g/mol. The number of sulfonamides is 1. The van der Waals surface area contributed by atoms with Crippen LogP contribution < -0.4 is 10.0 Å². The number of furan rings is 1. The lowest BCUT2D eigenvalue weighted by molar-refractivity contribution is -0.115. The fourth-order valence-electron chi connectivity index (χ4n) is 3.59. The van der Waals surface area contributed by atoms with Gasteiger partial charge in [0.1, 0.15) is 17.2 Å². The number of hydrogen-bond acceptors (Lipinski definition) is 6. The molecule has 0 spiro atoms. The summed E-state index contributed by atoms with van der Waals surface area (Å²) in [5.74, 6) is 0.452. The van der Waals surface area contributed by atoms with E-state index in [1.54, 1.807) is 38.3 Å². The molecule has 0 atom stereocenters. The van der Waals surface area contributed by atoms with Crippen molar-refractivity contribution < 1.29 is 17.6 Å². The molecule has 2 aromatic heterocycles. The summed E-state index contributed by atoms with van der Waals surface area (Å²) in [6.07, 6.45) is 1.75. The van der Waals surface area contributed by atoms with Gasteiger partial charge in [0.05, 0.1) is 17.6 Å². The zero-order chi connectivity index (χ0) is 23.8. The lowest BCUT2D eigenvalue weighted by Crippen LogP contribution is -2.16. The molecule has 9 heteroatoms. The van der Waals surface area contributed by atoms with Crippen LogP contribution in [0.4, 0.5) is 11.5 Å². The summed E-state index contributed by atoms with van der Waals surface area (Å²) in [7, 11) is -3.83. The molecular formula is C24H24N4O4S. The van der Waals surface area contributed by atoms with Crippen molar-refractivity contribution in [3.63, 3.8) is 0 Å². The predicted molar refractivity (Wildman–Crippen MR) is 127 cm³/mol. The molecule has 4 aromatic rings. The number of benzene rings is 2. The van der Waals surface area contributed by atoms with Crippen molar-refractivity contribution in [3.8, 4) is 0 Å². The molecule has 170 valence electrons. The van der Waals surface area contributed by atoms with Crippen LogP contribution in [0.3, 0.4) is 0 Å². The Kier molecular flexibility index (Phi) is 5.90. The second-order valence-corrected chi connectivity index (χ2v) is 9.62. The van der Waals surface area contributed by atoms with Crippen LogP contribution in [0.1, 0.15) is 28.2 Å². The van der Waals surface area contributed by atoms with Crippen LogP contribution in [-0.4, -0.2) is 24.3 Å². The summed E-state index contributed by atoms with van der Waals surface area (Å²) in [5, 5.41) is 3.71. The van der Waals surface area contributed by atoms with Gasteiger partial charge in [-0.25, -0.2) is 18.4 Å². The molecule has 33 heavy (non-hydrogen) atoms. The smallest absolute Gasteiger partial charge is 0.263 e. The number of carbonyl (C=O) groups excluding carboxylic acids is 1. The minimum atomic E-state index is -3.83. The molecule has 8 nitrogen and oxygen atoms in total. The van der Waals surface area contributed by atoms with Crippen LogP contribution >= 0.6 is 0 Å². The maximum absolute atomic E-state index is 12.7. The first kappa shape index (κ1) is 22.5. The molecule has 0 aliphatic heterocycles. The number of nitrogens with one attached hydrogen (secondary N) is 2. The Labute approximate surface area is 192 Å². The zero-order valence-corrected chi connectivity index (χ0v) is 19.6. The number of nitrogens with zero attached hydrogens (tertiary/aromatic N) is 2. The first-order valence-electron chi connectivity index (χ1n) is 10.3. The molecule has 1 amide bonds. The number of rotatable bonds is 6. The number of amides is 1. The van der Waals surface area contributed by atoms with E-state index in [1.165, 1.54) is 12.1 Å². The largest absolute Gasteiger partial charge is 0.464 e. The standard InChI is InChI=1S/C24H24N4O4S/c1-14-5-10-21-18(13-32-24(21)16(14)3)12-23(29)27-19-6-8-20(9-7-19)33(30,31)28-22-11-15(2)25-17(4)26-22/h5-11,13H,12H2,1-4H3,(H,27,29)(H,25,26,28). The fourth-order valence-corrected chi connectivity index (χ4v) is 4.58. The van der Waals surface area contributed by atoms with Crippen molar-refractivity contribution in [1.82, 2.24) is 9.97 Å². The van der Waals surface area contributed by atoms with Gasteiger partial charge < -0.3 is 9.73 Å². The van der Waals surface area contributed by atoms with Gasteiger partial charge in [-0.2, -0.15) is 0 Å². The Bertz CT molecular complexity index is 1440.